The Balaban J connectivity index is 2.66. The molecule has 3 nitrogen and oxygen atoms in total. The van der Waals surface area contributed by atoms with Crippen molar-refractivity contribution < 1.29 is 9.53 Å². The van der Waals surface area contributed by atoms with E-state index < -0.39 is 0 Å². The average molecular weight is 221 g/mol. The molecule has 1 rings (SSSR count). The Morgan fingerprint density at radius 1 is 1.44 bits per heavy atom. The number of ether oxygens (including phenoxy) is 1. The number of carbonyl (C=O) groups is 1. The van der Waals surface area contributed by atoms with Gasteiger partial charge in [0, 0.05) is 5.69 Å². The lowest BCUT2D eigenvalue weighted by molar-refractivity contribution is 0.0488. The van der Waals surface area contributed by atoms with Crippen molar-refractivity contribution in [3.8, 4) is 0 Å². The molecule has 0 aromatic heterocycles. The molecule has 2 N–H and O–H groups in total. The fourth-order valence-corrected chi connectivity index (χ4v) is 1.43. The standard InChI is InChI=1S/C13H19NO2/c1-9(2)7-8-16-13(15)12-10(3)5-4-6-11(12)14/h4-6,9H,7-8,14H2,1-3H3. The smallest absolute Gasteiger partial charge is 0.340 e. The zero-order valence-corrected chi connectivity index (χ0v) is 10.1. The van der Waals surface area contributed by atoms with Crippen LogP contribution in [0.3, 0.4) is 0 Å². The second-order valence-corrected chi connectivity index (χ2v) is 4.36. The van der Waals surface area contributed by atoms with E-state index in [9.17, 15) is 4.79 Å². The highest BCUT2D eigenvalue weighted by Crippen LogP contribution is 2.17. The van der Waals surface area contributed by atoms with Crippen molar-refractivity contribution in [3.63, 3.8) is 0 Å². The molecule has 88 valence electrons. The van der Waals surface area contributed by atoms with Crippen molar-refractivity contribution in [1.82, 2.24) is 0 Å². The molecule has 0 bridgehead atoms. The summed E-state index contributed by atoms with van der Waals surface area (Å²) >= 11 is 0. The van der Waals surface area contributed by atoms with Crippen molar-refractivity contribution in [2.45, 2.75) is 27.2 Å². The highest BCUT2D eigenvalue weighted by atomic mass is 16.5. The molecule has 3 heteroatoms. The summed E-state index contributed by atoms with van der Waals surface area (Å²) < 4.78 is 5.18. The summed E-state index contributed by atoms with van der Waals surface area (Å²) in [6, 6.07) is 5.40. The second-order valence-electron chi connectivity index (χ2n) is 4.36. The number of nitrogen functional groups attached to an aromatic ring is 1. The molecule has 1 aromatic carbocycles. The van der Waals surface area contributed by atoms with Gasteiger partial charge in [-0.1, -0.05) is 26.0 Å². The molecule has 0 aliphatic rings. The Labute approximate surface area is 96.6 Å². The number of anilines is 1. The fourth-order valence-electron chi connectivity index (χ4n) is 1.43. The third-order valence-electron chi connectivity index (χ3n) is 2.44. The highest BCUT2D eigenvalue weighted by Gasteiger charge is 2.13. The Morgan fingerprint density at radius 3 is 2.69 bits per heavy atom. The van der Waals surface area contributed by atoms with Gasteiger partial charge in [-0.15, -0.1) is 0 Å². The number of benzene rings is 1. The highest BCUT2D eigenvalue weighted by molar-refractivity contribution is 5.96. The topological polar surface area (TPSA) is 52.3 Å². The SMILES string of the molecule is Cc1cccc(N)c1C(=O)OCCC(C)C. The van der Waals surface area contributed by atoms with Gasteiger partial charge in [-0.2, -0.15) is 0 Å². The van der Waals surface area contributed by atoms with Gasteiger partial charge in [0.05, 0.1) is 12.2 Å². The van der Waals surface area contributed by atoms with Crippen LogP contribution in [0.15, 0.2) is 18.2 Å². The molecular formula is C13H19NO2. The van der Waals surface area contributed by atoms with Gasteiger partial charge in [-0.05, 0) is 30.9 Å². The molecule has 0 saturated heterocycles. The predicted octanol–water partition coefficient (Wildman–Crippen LogP) is 2.78. The lowest BCUT2D eigenvalue weighted by atomic mass is 10.1. The van der Waals surface area contributed by atoms with Crippen molar-refractivity contribution in [1.29, 1.82) is 0 Å². The zero-order chi connectivity index (χ0) is 12.1. The van der Waals surface area contributed by atoms with Gasteiger partial charge in [-0.25, -0.2) is 4.79 Å². The minimum absolute atomic E-state index is 0.323. The van der Waals surface area contributed by atoms with E-state index in [-0.39, 0.29) is 5.97 Å². The van der Waals surface area contributed by atoms with Crippen LogP contribution in [0, 0.1) is 12.8 Å². The first-order valence-corrected chi connectivity index (χ1v) is 5.54. The normalized spacial score (nSPS) is 10.5. The summed E-state index contributed by atoms with van der Waals surface area (Å²) in [6.07, 6.45) is 0.873. The summed E-state index contributed by atoms with van der Waals surface area (Å²) in [4.78, 5) is 11.8. The van der Waals surface area contributed by atoms with E-state index in [0.717, 1.165) is 12.0 Å². The summed E-state index contributed by atoms with van der Waals surface area (Å²) in [5, 5.41) is 0. The third kappa shape index (κ3) is 3.26. The van der Waals surface area contributed by atoms with Gasteiger partial charge in [0.25, 0.3) is 0 Å². The first kappa shape index (κ1) is 12.6. The Hall–Kier alpha value is -1.51. The number of hydrogen-bond donors (Lipinski definition) is 1. The van der Waals surface area contributed by atoms with Gasteiger partial charge in [-0.3, -0.25) is 0 Å². The lowest BCUT2D eigenvalue weighted by Crippen LogP contribution is -2.11. The monoisotopic (exact) mass is 221 g/mol. The average Bonchev–Trinajstić information content (AvgIpc) is 2.16. The van der Waals surface area contributed by atoms with E-state index in [2.05, 4.69) is 13.8 Å². The van der Waals surface area contributed by atoms with Crippen LogP contribution in [0.2, 0.25) is 0 Å². The number of esters is 1. The summed E-state index contributed by atoms with van der Waals surface area (Å²) in [7, 11) is 0. The molecule has 1 aromatic rings. The molecule has 0 fully saturated rings. The number of hydrogen-bond acceptors (Lipinski definition) is 3. The minimum atomic E-state index is -0.323. The summed E-state index contributed by atoms with van der Waals surface area (Å²) in [5.41, 5.74) is 7.58. The molecule has 0 radical (unpaired) electrons. The van der Waals surface area contributed by atoms with Crippen LogP contribution in [0.4, 0.5) is 5.69 Å². The maximum Gasteiger partial charge on any atom is 0.340 e. The molecule has 0 aliphatic carbocycles. The largest absolute Gasteiger partial charge is 0.462 e. The number of carbonyl (C=O) groups excluding carboxylic acids is 1. The Kier molecular flexibility index (Phi) is 4.35. The number of rotatable bonds is 4. The molecular weight excluding hydrogens is 202 g/mol. The second kappa shape index (κ2) is 5.54. The van der Waals surface area contributed by atoms with E-state index in [1.54, 1.807) is 6.07 Å². The van der Waals surface area contributed by atoms with Crippen molar-refractivity contribution in [2.75, 3.05) is 12.3 Å². The van der Waals surface area contributed by atoms with E-state index in [0.29, 0.717) is 23.8 Å². The van der Waals surface area contributed by atoms with Gasteiger partial charge in [0.15, 0.2) is 0 Å². The molecule has 0 amide bonds. The number of nitrogens with two attached hydrogens (primary N) is 1. The van der Waals surface area contributed by atoms with Crippen molar-refractivity contribution >= 4 is 11.7 Å². The lowest BCUT2D eigenvalue weighted by Gasteiger charge is -2.10. The molecule has 0 saturated carbocycles. The zero-order valence-electron chi connectivity index (χ0n) is 10.1. The fraction of sp³-hybridized carbons (Fsp3) is 0.462. The molecule has 0 aliphatic heterocycles. The van der Waals surface area contributed by atoms with Gasteiger partial charge >= 0.3 is 5.97 Å². The van der Waals surface area contributed by atoms with Crippen LogP contribution in [-0.2, 0) is 4.74 Å². The summed E-state index contributed by atoms with van der Waals surface area (Å²) in [6.45, 7) is 6.49. The van der Waals surface area contributed by atoms with Crippen LogP contribution < -0.4 is 5.73 Å². The van der Waals surface area contributed by atoms with Crippen LogP contribution >= 0.6 is 0 Å². The van der Waals surface area contributed by atoms with Gasteiger partial charge in [0.2, 0.25) is 0 Å². The van der Waals surface area contributed by atoms with Crippen LogP contribution in [0.5, 0.6) is 0 Å². The number of aryl methyl sites for hydroxylation is 1. The maximum absolute atomic E-state index is 11.8. The molecule has 0 spiro atoms. The summed E-state index contributed by atoms with van der Waals surface area (Å²) in [5.74, 6) is 0.207. The molecule has 0 unspecified atom stereocenters. The Bertz CT molecular complexity index is 352. The van der Waals surface area contributed by atoms with Crippen LogP contribution in [-0.4, -0.2) is 12.6 Å². The van der Waals surface area contributed by atoms with Gasteiger partial charge in [0.1, 0.15) is 0 Å². The molecule has 0 atom stereocenters. The van der Waals surface area contributed by atoms with E-state index in [1.165, 1.54) is 0 Å². The van der Waals surface area contributed by atoms with Crippen LogP contribution in [0.25, 0.3) is 0 Å². The molecule has 0 heterocycles. The first-order valence-electron chi connectivity index (χ1n) is 5.54. The van der Waals surface area contributed by atoms with Gasteiger partial charge < -0.3 is 10.5 Å². The van der Waals surface area contributed by atoms with E-state index in [4.69, 9.17) is 10.5 Å². The van der Waals surface area contributed by atoms with Crippen molar-refractivity contribution in [2.24, 2.45) is 5.92 Å². The quantitative estimate of drug-likeness (QED) is 0.628. The van der Waals surface area contributed by atoms with Crippen LogP contribution in [0.1, 0.15) is 36.2 Å². The first-order chi connectivity index (χ1) is 7.52. The predicted molar refractivity (Wildman–Crippen MR) is 65.3 cm³/mol. The van der Waals surface area contributed by atoms with Crippen molar-refractivity contribution in [3.05, 3.63) is 29.3 Å². The molecule has 16 heavy (non-hydrogen) atoms. The minimum Gasteiger partial charge on any atom is -0.462 e. The van der Waals surface area contributed by atoms with E-state index in [1.807, 2.05) is 19.1 Å². The van der Waals surface area contributed by atoms with E-state index >= 15 is 0 Å². The maximum atomic E-state index is 11.8. The Morgan fingerprint density at radius 2 is 2.12 bits per heavy atom. The third-order valence-corrected chi connectivity index (χ3v) is 2.44.